The lowest BCUT2D eigenvalue weighted by molar-refractivity contribution is -0.127. The molecular formula is C24H26ClN5O. The fourth-order valence-electron chi connectivity index (χ4n) is 3.99. The smallest absolute Gasteiger partial charge is 0.246 e. The van der Waals surface area contributed by atoms with E-state index in [0.717, 1.165) is 43.5 Å². The summed E-state index contributed by atoms with van der Waals surface area (Å²) in [6, 6.07) is 16.2. The summed E-state index contributed by atoms with van der Waals surface area (Å²) in [5, 5.41) is 12.8. The van der Waals surface area contributed by atoms with Crippen molar-refractivity contribution in [2.24, 2.45) is 5.92 Å². The Hall–Kier alpha value is -2.99. The second-order valence-electron chi connectivity index (χ2n) is 8.00. The highest BCUT2D eigenvalue weighted by atomic mass is 35.5. The first kappa shape index (κ1) is 21.2. The minimum Gasteiger partial charge on any atom is -0.339 e. The van der Waals surface area contributed by atoms with Gasteiger partial charge in [0.05, 0.1) is 6.54 Å². The number of benzene rings is 2. The van der Waals surface area contributed by atoms with Crippen molar-refractivity contribution < 1.29 is 4.79 Å². The summed E-state index contributed by atoms with van der Waals surface area (Å²) in [4.78, 5) is 16.2. The Morgan fingerprint density at radius 3 is 2.65 bits per heavy atom. The van der Waals surface area contributed by atoms with Gasteiger partial charge in [0.25, 0.3) is 0 Å². The number of aromatic nitrogens is 4. The SMILES string of the molecule is Cc1nnn(Cc2cc(Cl)ccc2C=CC(=O)N2CCC(Cc3ccccc3)CC2)n1. The highest BCUT2D eigenvalue weighted by Gasteiger charge is 2.21. The van der Waals surface area contributed by atoms with Crippen LogP contribution < -0.4 is 0 Å². The third-order valence-corrected chi connectivity index (χ3v) is 5.90. The molecule has 31 heavy (non-hydrogen) atoms. The Morgan fingerprint density at radius 1 is 1.16 bits per heavy atom. The van der Waals surface area contributed by atoms with E-state index < -0.39 is 0 Å². The summed E-state index contributed by atoms with van der Waals surface area (Å²) in [7, 11) is 0. The summed E-state index contributed by atoms with van der Waals surface area (Å²) in [5.41, 5.74) is 3.24. The van der Waals surface area contributed by atoms with Crippen LogP contribution in [0.2, 0.25) is 5.02 Å². The molecule has 3 aromatic rings. The topological polar surface area (TPSA) is 63.9 Å². The van der Waals surface area contributed by atoms with Crippen LogP contribution in [0.15, 0.2) is 54.6 Å². The Kier molecular flexibility index (Phi) is 6.77. The Labute approximate surface area is 187 Å². The van der Waals surface area contributed by atoms with Crippen LogP contribution in [-0.2, 0) is 17.8 Å². The highest BCUT2D eigenvalue weighted by Crippen LogP contribution is 2.23. The maximum absolute atomic E-state index is 12.7. The van der Waals surface area contributed by atoms with Gasteiger partial charge in [-0.1, -0.05) is 48.0 Å². The summed E-state index contributed by atoms with van der Waals surface area (Å²) < 4.78 is 0. The van der Waals surface area contributed by atoms with Crippen LogP contribution in [0.5, 0.6) is 0 Å². The predicted molar refractivity (Wildman–Crippen MR) is 122 cm³/mol. The van der Waals surface area contributed by atoms with Crippen molar-refractivity contribution in [1.29, 1.82) is 0 Å². The first-order chi connectivity index (χ1) is 15.1. The van der Waals surface area contributed by atoms with E-state index in [0.29, 0.717) is 23.3 Å². The van der Waals surface area contributed by atoms with Crippen LogP contribution in [0.25, 0.3) is 6.08 Å². The lowest BCUT2D eigenvalue weighted by atomic mass is 9.90. The van der Waals surface area contributed by atoms with Gasteiger partial charge in [0.1, 0.15) is 0 Å². The monoisotopic (exact) mass is 435 g/mol. The quantitative estimate of drug-likeness (QED) is 0.545. The number of hydrogen-bond acceptors (Lipinski definition) is 4. The molecule has 2 heterocycles. The molecule has 2 aromatic carbocycles. The summed E-state index contributed by atoms with van der Waals surface area (Å²) in [6.45, 7) is 3.84. The van der Waals surface area contributed by atoms with E-state index in [9.17, 15) is 4.79 Å². The third kappa shape index (κ3) is 5.79. The molecule has 0 N–H and O–H groups in total. The first-order valence-electron chi connectivity index (χ1n) is 10.6. The molecule has 0 atom stereocenters. The van der Waals surface area contributed by atoms with Crippen LogP contribution >= 0.6 is 11.6 Å². The van der Waals surface area contributed by atoms with Gasteiger partial charge in [-0.3, -0.25) is 4.79 Å². The van der Waals surface area contributed by atoms with Gasteiger partial charge < -0.3 is 4.90 Å². The third-order valence-electron chi connectivity index (χ3n) is 5.67. The highest BCUT2D eigenvalue weighted by molar-refractivity contribution is 6.30. The Morgan fingerprint density at radius 2 is 1.94 bits per heavy atom. The largest absolute Gasteiger partial charge is 0.339 e. The number of piperidine rings is 1. The van der Waals surface area contributed by atoms with E-state index in [1.165, 1.54) is 10.4 Å². The number of nitrogens with zero attached hydrogens (tertiary/aromatic N) is 5. The van der Waals surface area contributed by atoms with E-state index in [-0.39, 0.29) is 5.91 Å². The van der Waals surface area contributed by atoms with Crippen molar-refractivity contribution in [3.8, 4) is 0 Å². The molecule has 1 aromatic heterocycles. The average molecular weight is 436 g/mol. The zero-order valence-corrected chi connectivity index (χ0v) is 18.4. The van der Waals surface area contributed by atoms with Gasteiger partial charge in [-0.2, -0.15) is 4.80 Å². The number of carbonyl (C=O) groups excluding carboxylic acids is 1. The molecule has 7 heteroatoms. The average Bonchev–Trinajstić information content (AvgIpc) is 3.19. The normalized spacial score (nSPS) is 15.0. The van der Waals surface area contributed by atoms with Crippen LogP contribution in [0.4, 0.5) is 0 Å². The van der Waals surface area contributed by atoms with Gasteiger partial charge in [-0.25, -0.2) is 0 Å². The van der Waals surface area contributed by atoms with Crippen LogP contribution in [-0.4, -0.2) is 44.1 Å². The standard InChI is InChI=1S/C24H26ClN5O/c1-18-26-28-30(27-18)17-22-16-23(25)9-7-21(22)8-10-24(31)29-13-11-20(12-14-29)15-19-5-3-2-4-6-19/h2-10,16,20H,11-15,17H2,1H3. The summed E-state index contributed by atoms with van der Waals surface area (Å²) in [6.07, 6.45) is 6.68. The number of likely N-dealkylation sites (tertiary alicyclic amines) is 1. The van der Waals surface area contributed by atoms with Gasteiger partial charge >= 0.3 is 0 Å². The molecule has 6 nitrogen and oxygen atoms in total. The molecule has 4 rings (SSSR count). The minimum absolute atomic E-state index is 0.0498. The van der Waals surface area contributed by atoms with Crippen molar-refractivity contribution in [3.63, 3.8) is 0 Å². The minimum atomic E-state index is 0.0498. The maximum Gasteiger partial charge on any atom is 0.246 e. The molecule has 0 spiro atoms. The number of aryl methyl sites for hydroxylation is 1. The molecule has 1 saturated heterocycles. The molecular weight excluding hydrogens is 410 g/mol. The predicted octanol–water partition coefficient (Wildman–Crippen LogP) is 4.18. The molecule has 1 amide bonds. The first-order valence-corrected chi connectivity index (χ1v) is 11.0. The lowest BCUT2D eigenvalue weighted by Gasteiger charge is -2.31. The summed E-state index contributed by atoms with van der Waals surface area (Å²) in [5.74, 6) is 1.30. The molecule has 1 aliphatic heterocycles. The van der Waals surface area contributed by atoms with Crippen molar-refractivity contribution in [2.75, 3.05) is 13.1 Å². The molecule has 1 aliphatic rings. The van der Waals surface area contributed by atoms with Gasteiger partial charge in [-0.15, -0.1) is 10.2 Å². The Balaban J connectivity index is 1.36. The van der Waals surface area contributed by atoms with E-state index in [1.807, 2.05) is 35.2 Å². The summed E-state index contributed by atoms with van der Waals surface area (Å²) >= 11 is 6.18. The molecule has 0 bridgehead atoms. The van der Waals surface area contributed by atoms with E-state index >= 15 is 0 Å². The number of tetrazole rings is 1. The number of halogens is 1. The second kappa shape index (κ2) is 9.88. The van der Waals surface area contributed by atoms with Crippen molar-refractivity contribution in [1.82, 2.24) is 25.1 Å². The number of carbonyl (C=O) groups is 1. The van der Waals surface area contributed by atoms with Crippen LogP contribution in [0.1, 0.15) is 35.4 Å². The maximum atomic E-state index is 12.7. The fourth-order valence-corrected chi connectivity index (χ4v) is 4.18. The number of hydrogen-bond donors (Lipinski definition) is 0. The van der Waals surface area contributed by atoms with E-state index in [2.05, 4.69) is 39.7 Å². The van der Waals surface area contributed by atoms with Crippen LogP contribution in [0.3, 0.4) is 0 Å². The van der Waals surface area contributed by atoms with Gasteiger partial charge in [0.15, 0.2) is 5.82 Å². The van der Waals surface area contributed by atoms with Gasteiger partial charge in [-0.05, 0) is 72.2 Å². The fraction of sp³-hybridized carbons (Fsp3) is 0.333. The number of rotatable bonds is 6. The number of amides is 1. The molecule has 160 valence electrons. The lowest BCUT2D eigenvalue weighted by Crippen LogP contribution is -2.37. The van der Waals surface area contributed by atoms with Crippen molar-refractivity contribution in [3.05, 3.63) is 82.1 Å². The molecule has 1 fully saturated rings. The molecule has 0 radical (unpaired) electrons. The van der Waals surface area contributed by atoms with Crippen molar-refractivity contribution >= 4 is 23.6 Å². The van der Waals surface area contributed by atoms with Gasteiger partial charge in [0, 0.05) is 24.2 Å². The van der Waals surface area contributed by atoms with Gasteiger partial charge in [0.2, 0.25) is 5.91 Å². The second-order valence-corrected chi connectivity index (χ2v) is 8.44. The molecule has 0 unspecified atom stereocenters. The van der Waals surface area contributed by atoms with E-state index in [1.54, 1.807) is 13.0 Å². The van der Waals surface area contributed by atoms with Crippen LogP contribution in [0, 0.1) is 12.8 Å². The zero-order valence-electron chi connectivity index (χ0n) is 17.6. The Bertz CT molecular complexity index is 1050. The van der Waals surface area contributed by atoms with Crippen molar-refractivity contribution in [2.45, 2.75) is 32.7 Å². The molecule has 0 saturated carbocycles. The molecule has 0 aliphatic carbocycles. The van der Waals surface area contributed by atoms with E-state index in [4.69, 9.17) is 11.6 Å². The zero-order chi connectivity index (χ0) is 21.6.